The van der Waals surface area contributed by atoms with Gasteiger partial charge in [-0.3, -0.25) is 4.79 Å². The molecule has 1 amide bonds. The van der Waals surface area contributed by atoms with Crippen LogP contribution >= 0.6 is 0 Å². The molecule has 3 rings (SSSR count). The van der Waals surface area contributed by atoms with Crippen molar-refractivity contribution < 1.29 is 9.53 Å². The maximum absolute atomic E-state index is 12.4. The number of benzene rings is 2. The average Bonchev–Trinajstić information content (AvgIpc) is 3.03. The first-order valence-electron chi connectivity index (χ1n) is 10.7. The Labute approximate surface area is 184 Å². The van der Waals surface area contributed by atoms with Crippen molar-refractivity contribution in [3.05, 3.63) is 70.9 Å². The number of rotatable bonds is 9. The van der Waals surface area contributed by atoms with E-state index >= 15 is 0 Å². The molecule has 1 heterocycles. The maximum Gasteiger partial charge on any atom is 0.226 e. The Morgan fingerprint density at radius 2 is 1.87 bits per heavy atom. The van der Waals surface area contributed by atoms with Crippen molar-refractivity contribution in [2.24, 2.45) is 0 Å². The van der Waals surface area contributed by atoms with E-state index in [4.69, 9.17) is 9.84 Å². The van der Waals surface area contributed by atoms with Crippen molar-refractivity contribution in [3.63, 3.8) is 0 Å². The third kappa shape index (κ3) is 5.95. The molecule has 0 atom stereocenters. The molecule has 0 aliphatic heterocycles. The van der Waals surface area contributed by atoms with Crippen LogP contribution < -0.4 is 10.1 Å². The number of nitrogens with one attached hydrogen (secondary N) is 1. The standard InChI is InChI=1S/C25H32N4O2/c1-18-9-8-11-21(17-18)29-25(31-23-12-7-6-10-19(23)2)22(20(3)27-29)13-14-24(30)26-15-16-28(4)5/h6-12,17H,13-16H2,1-5H3,(H,26,30). The predicted molar refractivity (Wildman–Crippen MR) is 124 cm³/mol. The van der Waals surface area contributed by atoms with Gasteiger partial charge in [0.25, 0.3) is 0 Å². The maximum atomic E-state index is 12.4. The molecule has 6 nitrogen and oxygen atoms in total. The molecule has 31 heavy (non-hydrogen) atoms. The van der Waals surface area contributed by atoms with Gasteiger partial charge in [-0.05, 0) is 70.6 Å². The number of hydrogen-bond acceptors (Lipinski definition) is 4. The van der Waals surface area contributed by atoms with Crippen LogP contribution in [0.3, 0.4) is 0 Å². The molecule has 164 valence electrons. The lowest BCUT2D eigenvalue weighted by Crippen LogP contribution is -2.31. The molecule has 1 N–H and O–H groups in total. The van der Waals surface area contributed by atoms with E-state index in [-0.39, 0.29) is 5.91 Å². The highest BCUT2D eigenvalue weighted by atomic mass is 16.5. The minimum atomic E-state index is 0.0337. The second-order valence-corrected chi connectivity index (χ2v) is 8.14. The zero-order chi connectivity index (χ0) is 22.4. The van der Waals surface area contributed by atoms with E-state index in [1.807, 2.05) is 73.9 Å². The molecule has 6 heteroatoms. The van der Waals surface area contributed by atoms with E-state index in [1.165, 1.54) is 0 Å². The van der Waals surface area contributed by atoms with Crippen molar-refractivity contribution in [2.75, 3.05) is 27.2 Å². The van der Waals surface area contributed by atoms with Gasteiger partial charge in [-0.25, -0.2) is 4.68 Å². The number of carbonyl (C=O) groups is 1. The molecule has 0 aliphatic rings. The fourth-order valence-electron chi connectivity index (χ4n) is 3.39. The van der Waals surface area contributed by atoms with Crippen LogP contribution in [0.4, 0.5) is 0 Å². The van der Waals surface area contributed by atoms with Crippen LogP contribution in [0.25, 0.3) is 5.69 Å². The van der Waals surface area contributed by atoms with E-state index in [0.717, 1.165) is 40.4 Å². The molecular formula is C25H32N4O2. The third-order valence-corrected chi connectivity index (χ3v) is 5.17. The largest absolute Gasteiger partial charge is 0.438 e. The lowest BCUT2D eigenvalue weighted by molar-refractivity contribution is -0.121. The van der Waals surface area contributed by atoms with Crippen molar-refractivity contribution in [2.45, 2.75) is 33.6 Å². The van der Waals surface area contributed by atoms with Gasteiger partial charge in [0, 0.05) is 25.1 Å². The van der Waals surface area contributed by atoms with Gasteiger partial charge in [0.1, 0.15) is 5.75 Å². The number of ether oxygens (including phenoxy) is 1. The number of aromatic nitrogens is 2. The van der Waals surface area contributed by atoms with Crippen LogP contribution in [-0.4, -0.2) is 47.8 Å². The molecule has 0 radical (unpaired) electrons. The van der Waals surface area contributed by atoms with Crippen molar-refractivity contribution >= 4 is 5.91 Å². The molecule has 0 saturated heterocycles. The summed E-state index contributed by atoms with van der Waals surface area (Å²) in [5, 5.41) is 7.74. The lowest BCUT2D eigenvalue weighted by Gasteiger charge is -2.14. The van der Waals surface area contributed by atoms with Gasteiger partial charge < -0.3 is 15.0 Å². The Kier molecular flexibility index (Phi) is 7.47. The lowest BCUT2D eigenvalue weighted by atomic mass is 10.1. The van der Waals surface area contributed by atoms with Crippen molar-refractivity contribution in [1.82, 2.24) is 20.0 Å². The Balaban J connectivity index is 1.89. The normalized spacial score (nSPS) is 11.0. The zero-order valence-corrected chi connectivity index (χ0v) is 19.1. The van der Waals surface area contributed by atoms with Gasteiger partial charge in [0.15, 0.2) is 0 Å². The number of para-hydroxylation sites is 1. The van der Waals surface area contributed by atoms with E-state index in [9.17, 15) is 4.79 Å². The molecule has 0 spiro atoms. The highest BCUT2D eigenvalue weighted by molar-refractivity contribution is 5.76. The minimum Gasteiger partial charge on any atom is -0.438 e. The highest BCUT2D eigenvalue weighted by Crippen LogP contribution is 2.33. The predicted octanol–water partition coefficient (Wildman–Crippen LogP) is 4.20. The number of carbonyl (C=O) groups excluding carboxylic acids is 1. The molecule has 0 unspecified atom stereocenters. The third-order valence-electron chi connectivity index (χ3n) is 5.17. The smallest absolute Gasteiger partial charge is 0.226 e. The fraction of sp³-hybridized carbons (Fsp3) is 0.360. The van der Waals surface area contributed by atoms with E-state index in [1.54, 1.807) is 0 Å². The highest BCUT2D eigenvalue weighted by Gasteiger charge is 2.20. The summed E-state index contributed by atoms with van der Waals surface area (Å²) in [6.45, 7) is 7.50. The van der Waals surface area contributed by atoms with E-state index < -0.39 is 0 Å². The molecule has 1 aromatic heterocycles. The van der Waals surface area contributed by atoms with E-state index in [0.29, 0.717) is 25.3 Å². The molecule has 0 bridgehead atoms. The Hall–Kier alpha value is -3.12. The van der Waals surface area contributed by atoms with Crippen LogP contribution in [0.15, 0.2) is 48.5 Å². The monoisotopic (exact) mass is 420 g/mol. The van der Waals surface area contributed by atoms with Gasteiger partial charge in [-0.15, -0.1) is 0 Å². The summed E-state index contributed by atoms with van der Waals surface area (Å²) in [4.78, 5) is 14.4. The van der Waals surface area contributed by atoms with Crippen LogP contribution in [0, 0.1) is 20.8 Å². The number of aryl methyl sites for hydroxylation is 3. The summed E-state index contributed by atoms with van der Waals surface area (Å²) in [5.74, 6) is 1.48. The average molecular weight is 421 g/mol. The van der Waals surface area contributed by atoms with Gasteiger partial charge in [0.2, 0.25) is 11.8 Å². The van der Waals surface area contributed by atoms with E-state index in [2.05, 4.69) is 24.4 Å². The Bertz CT molecular complexity index is 1040. The second-order valence-electron chi connectivity index (χ2n) is 8.14. The topological polar surface area (TPSA) is 59.4 Å². The molecule has 0 fully saturated rings. The summed E-state index contributed by atoms with van der Waals surface area (Å²) in [5.41, 5.74) is 4.95. The van der Waals surface area contributed by atoms with Crippen molar-refractivity contribution in [3.8, 4) is 17.3 Å². The zero-order valence-electron chi connectivity index (χ0n) is 19.1. The quantitative estimate of drug-likeness (QED) is 0.564. The first-order chi connectivity index (χ1) is 14.8. The van der Waals surface area contributed by atoms with Crippen LogP contribution in [0.1, 0.15) is 28.8 Å². The van der Waals surface area contributed by atoms with Crippen molar-refractivity contribution in [1.29, 1.82) is 0 Å². The van der Waals surface area contributed by atoms with Gasteiger partial charge >= 0.3 is 0 Å². The molecule has 0 saturated carbocycles. The summed E-state index contributed by atoms with van der Waals surface area (Å²) in [6.07, 6.45) is 0.949. The Morgan fingerprint density at radius 3 is 2.58 bits per heavy atom. The molecule has 0 aliphatic carbocycles. The SMILES string of the molecule is Cc1cccc(-n2nc(C)c(CCC(=O)NCCN(C)C)c2Oc2ccccc2C)c1. The summed E-state index contributed by atoms with van der Waals surface area (Å²) < 4.78 is 8.23. The van der Waals surface area contributed by atoms with Gasteiger partial charge in [-0.2, -0.15) is 5.10 Å². The minimum absolute atomic E-state index is 0.0337. The fourth-order valence-corrected chi connectivity index (χ4v) is 3.39. The first-order valence-corrected chi connectivity index (χ1v) is 10.7. The van der Waals surface area contributed by atoms with Crippen LogP contribution in [0.5, 0.6) is 11.6 Å². The first kappa shape index (κ1) is 22.6. The number of nitrogens with zero attached hydrogens (tertiary/aromatic N) is 3. The number of hydrogen-bond donors (Lipinski definition) is 1. The second kappa shape index (κ2) is 10.3. The summed E-state index contributed by atoms with van der Waals surface area (Å²) >= 11 is 0. The van der Waals surface area contributed by atoms with Crippen LogP contribution in [-0.2, 0) is 11.2 Å². The molecule has 3 aromatic rings. The molecule has 2 aromatic carbocycles. The Morgan fingerprint density at radius 1 is 1.10 bits per heavy atom. The van der Waals surface area contributed by atoms with Crippen LogP contribution in [0.2, 0.25) is 0 Å². The number of likely N-dealkylation sites (N-methyl/N-ethyl adjacent to an activating group) is 1. The summed E-state index contributed by atoms with van der Waals surface area (Å²) in [6, 6.07) is 16.1. The number of amides is 1. The van der Waals surface area contributed by atoms with Gasteiger partial charge in [-0.1, -0.05) is 30.3 Å². The summed E-state index contributed by atoms with van der Waals surface area (Å²) in [7, 11) is 3.98. The van der Waals surface area contributed by atoms with Gasteiger partial charge in [0.05, 0.1) is 11.4 Å². The molecular weight excluding hydrogens is 388 g/mol.